The van der Waals surface area contributed by atoms with Crippen LogP contribution in [0.25, 0.3) is 0 Å². The van der Waals surface area contributed by atoms with Crippen LogP contribution in [0.1, 0.15) is 30.9 Å². The first-order valence-electron chi connectivity index (χ1n) is 10.2. The number of anilines is 1. The molecule has 0 saturated heterocycles. The molecule has 0 radical (unpaired) electrons. The van der Waals surface area contributed by atoms with Crippen molar-refractivity contribution in [1.82, 2.24) is 5.32 Å². The summed E-state index contributed by atoms with van der Waals surface area (Å²) in [5.41, 5.74) is 2.52. The van der Waals surface area contributed by atoms with Crippen LogP contribution in [0, 0.1) is 13.8 Å². The van der Waals surface area contributed by atoms with Gasteiger partial charge in [0.1, 0.15) is 18.1 Å². The molecule has 7 nitrogen and oxygen atoms in total. The Balaban J connectivity index is 1.83. The third kappa shape index (κ3) is 7.79. The molecule has 0 bridgehead atoms. The number of amides is 1. The minimum Gasteiger partial charge on any atom is -0.497 e. The quantitative estimate of drug-likeness (QED) is 0.569. The lowest BCUT2D eigenvalue weighted by Gasteiger charge is -2.24. The van der Waals surface area contributed by atoms with Gasteiger partial charge < -0.3 is 14.8 Å². The van der Waals surface area contributed by atoms with Crippen LogP contribution >= 0.6 is 0 Å². The highest BCUT2D eigenvalue weighted by Gasteiger charge is 2.19. The minimum atomic E-state index is -3.45. The molecule has 0 aliphatic carbocycles. The third-order valence-corrected chi connectivity index (χ3v) is 5.95. The lowest BCUT2D eigenvalue weighted by Crippen LogP contribution is -2.37. The number of sulfonamides is 1. The molecule has 2 rings (SSSR count). The van der Waals surface area contributed by atoms with Gasteiger partial charge in [-0.25, -0.2) is 8.42 Å². The molecule has 0 aliphatic heterocycles. The lowest BCUT2D eigenvalue weighted by atomic mass is 10.1. The summed E-state index contributed by atoms with van der Waals surface area (Å²) in [4.78, 5) is 12.3. The molecule has 31 heavy (non-hydrogen) atoms. The zero-order valence-electron chi connectivity index (χ0n) is 18.8. The first kappa shape index (κ1) is 24.5. The van der Waals surface area contributed by atoms with E-state index in [2.05, 4.69) is 5.32 Å². The van der Waals surface area contributed by atoms with Crippen molar-refractivity contribution in [1.29, 1.82) is 0 Å². The summed E-state index contributed by atoms with van der Waals surface area (Å²) >= 11 is 0. The Hall–Kier alpha value is -2.74. The van der Waals surface area contributed by atoms with Crippen molar-refractivity contribution in [3.8, 4) is 11.5 Å². The van der Waals surface area contributed by atoms with Crippen LogP contribution in [0.5, 0.6) is 11.5 Å². The number of nitrogens with one attached hydrogen (secondary N) is 1. The number of carbonyl (C=O) groups excluding carboxylic acids is 1. The maximum Gasteiger partial charge on any atom is 0.232 e. The Morgan fingerprint density at radius 2 is 1.74 bits per heavy atom. The molecule has 0 unspecified atom stereocenters. The monoisotopic (exact) mass is 448 g/mol. The van der Waals surface area contributed by atoms with Crippen molar-refractivity contribution >= 4 is 21.6 Å². The highest BCUT2D eigenvalue weighted by molar-refractivity contribution is 7.92. The van der Waals surface area contributed by atoms with E-state index in [1.165, 1.54) is 10.6 Å². The van der Waals surface area contributed by atoms with Gasteiger partial charge in [-0.05, 0) is 68.7 Å². The number of hydrogen-bond donors (Lipinski definition) is 1. The standard InChI is InChI=1S/C23H32N2O5S/c1-17-8-9-18(2)22(15-17)25(31(5,27)28)14-6-7-23(26)24-19(3)16-30-21-12-10-20(29-4)11-13-21/h8-13,15,19H,6-7,14,16H2,1-5H3,(H,24,26)/t19-/m1/s1. The van der Waals surface area contributed by atoms with Crippen molar-refractivity contribution in [3.05, 3.63) is 53.6 Å². The van der Waals surface area contributed by atoms with Gasteiger partial charge in [0.2, 0.25) is 15.9 Å². The van der Waals surface area contributed by atoms with Crippen LogP contribution in [0.2, 0.25) is 0 Å². The summed E-state index contributed by atoms with van der Waals surface area (Å²) in [7, 11) is -1.85. The number of aryl methyl sites for hydroxylation is 2. The summed E-state index contributed by atoms with van der Waals surface area (Å²) in [5.74, 6) is 1.30. The number of hydrogen-bond acceptors (Lipinski definition) is 5. The van der Waals surface area contributed by atoms with Gasteiger partial charge in [0.25, 0.3) is 0 Å². The molecular formula is C23H32N2O5S. The first-order chi connectivity index (χ1) is 14.6. The van der Waals surface area contributed by atoms with E-state index in [-0.39, 0.29) is 24.9 Å². The highest BCUT2D eigenvalue weighted by atomic mass is 32.2. The second kappa shape index (κ2) is 11.0. The van der Waals surface area contributed by atoms with Crippen molar-refractivity contribution in [2.24, 2.45) is 0 Å². The van der Waals surface area contributed by atoms with Gasteiger partial charge in [-0.2, -0.15) is 0 Å². The molecule has 0 spiro atoms. The van der Waals surface area contributed by atoms with E-state index in [0.717, 1.165) is 16.9 Å². The molecule has 0 fully saturated rings. The van der Waals surface area contributed by atoms with Gasteiger partial charge in [0, 0.05) is 13.0 Å². The Labute approximate surface area is 185 Å². The zero-order chi connectivity index (χ0) is 23.0. The fourth-order valence-electron chi connectivity index (χ4n) is 3.12. The number of ether oxygens (including phenoxy) is 2. The van der Waals surface area contributed by atoms with Crippen LogP contribution in [-0.4, -0.2) is 46.9 Å². The average molecular weight is 449 g/mol. The number of methoxy groups -OCH3 is 1. The van der Waals surface area contributed by atoms with Gasteiger partial charge in [-0.15, -0.1) is 0 Å². The van der Waals surface area contributed by atoms with Gasteiger partial charge in [-0.3, -0.25) is 9.10 Å². The summed E-state index contributed by atoms with van der Waals surface area (Å²) in [6.07, 6.45) is 1.83. The van der Waals surface area contributed by atoms with Crippen molar-refractivity contribution in [2.75, 3.05) is 30.8 Å². The smallest absolute Gasteiger partial charge is 0.232 e. The molecule has 1 N–H and O–H groups in total. The molecule has 0 heterocycles. The van der Waals surface area contributed by atoms with Crippen LogP contribution in [-0.2, 0) is 14.8 Å². The van der Waals surface area contributed by atoms with E-state index in [9.17, 15) is 13.2 Å². The van der Waals surface area contributed by atoms with Crippen molar-refractivity contribution in [3.63, 3.8) is 0 Å². The van der Waals surface area contributed by atoms with Gasteiger partial charge in [0.15, 0.2) is 0 Å². The van der Waals surface area contributed by atoms with E-state index in [1.807, 2.05) is 51.1 Å². The second-order valence-corrected chi connectivity index (χ2v) is 9.59. The lowest BCUT2D eigenvalue weighted by molar-refractivity contribution is -0.121. The van der Waals surface area contributed by atoms with E-state index < -0.39 is 10.0 Å². The van der Waals surface area contributed by atoms with Gasteiger partial charge >= 0.3 is 0 Å². The predicted octanol–water partition coefficient (Wildman–Crippen LogP) is 3.44. The second-order valence-electron chi connectivity index (χ2n) is 7.68. The Morgan fingerprint density at radius 3 is 2.35 bits per heavy atom. The molecule has 1 amide bonds. The van der Waals surface area contributed by atoms with Crippen molar-refractivity contribution < 1.29 is 22.7 Å². The van der Waals surface area contributed by atoms with Gasteiger partial charge in [0.05, 0.1) is 25.1 Å². The largest absolute Gasteiger partial charge is 0.497 e. The summed E-state index contributed by atoms with van der Waals surface area (Å²) in [6.45, 7) is 6.24. The molecule has 0 aromatic heterocycles. The third-order valence-electron chi connectivity index (χ3n) is 4.77. The Bertz CT molecular complexity index is 974. The maximum atomic E-state index is 12.3. The molecule has 0 saturated carbocycles. The SMILES string of the molecule is COc1ccc(OC[C@@H](C)NC(=O)CCCN(c2cc(C)ccc2C)S(C)(=O)=O)cc1. The molecule has 170 valence electrons. The zero-order valence-corrected chi connectivity index (χ0v) is 19.7. The van der Waals surface area contributed by atoms with E-state index in [1.54, 1.807) is 19.2 Å². The number of carbonyl (C=O) groups is 1. The molecule has 8 heteroatoms. The van der Waals surface area contributed by atoms with Crippen molar-refractivity contribution in [2.45, 2.75) is 39.7 Å². The Kier molecular flexibility index (Phi) is 8.74. The highest BCUT2D eigenvalue weighted by Crippen LogP contribution is 2.24. The summed E-state index contributed by atoms with van der Waals surface area (Å²) in [5, 5.41) is 2.89. The average Bonchev–Trinajstić information content (AvgIpc) is 2.71. The fourth-order valence-corrected chi connectivity index (χ4v) is 4.13. The topological polar surface area (TPSA) is 84.9 Å². The van der Waals surface area contributed by atoms with E-state index >= 15 is 0 Å². The molecule has 0 aliphatic rings. The van der Waals surface area contributed by atoms with Crippen LogP contribution < -0.4 is 19.1 Å². The number of nitrogens with zero attached hydrogens (tertiary/aromatic N) is 1. The molecule has 1 atom stereocenters. The maximum absolute atomic E-state index is 12.3. The molecule has 2 aromatic rings. The van der Waals surface area contributed by atoms with Crippen LogP contribution in [0.3, 0.4) is 0 Å². The normalized spacial score (nSPS) is 12.2. The van der Waals surface area contributed by atoms with Crippen LogP contribution in [0.15, 0.2) is 42.5 Å². The first-order valence-corrected chi connectivity index (χ1v) is 12.1. The summed E-state index contributed by atoms with van der Waals surface area (Å²) in [6, 6.07) is 12.8. The Morgan fingerprint density at radius 1 is 1.10 bits per heavy atom. The van der Waals surface area contributed by atoms with E-state index in [0.29, 0.717) is 24.5 Å². The predicted molar refractivity (Wildman–Crippen MR) is 123 cm³/mol. The van der Waals surface area contributed by atoms with Gasteiger partial charge in [-0.1, -0.05) is 12.1 Å². The number of benzene rings is 2. The minimum absolute atomic E-state index is 0.139. The number of rotatable bonds is 11. The van der Waals surface area contributed by atoms with Crippen LogP contribution in [0.4, 0.5) is 5.69 Å². The van der Waals surface area contributed by atoms with E-state index in [4.69, 9.17) is 9.47 Å². The molecule has 2 aromatic carbocycles. The summed E-state index contributed by atoms with van der Waals surface area (Å²) < 4.78 is 36.8. The molecular weight excluding hydrogens is 416 g/mol. The fraction of sp³-hybridized carbons (Fsp3) is 0.435.